The number of nitrogens with two attached hydrogens (primary N) is 2. The van der Waals surface area contributed by atoms with Gasteiger partial charge in [0.25, 0.3) is 5.91 Å². The summed E-state index contributed by atoms with van der Waals surface area (Å²) in [7, 11) is 0. The molecule has 3 rings (SSSR count). The number of anilines is 1. The number of thiophene rings is 1. The molecule has 0 radical (unpaired) electrons. The van der Waals surface area contributed by atoms with Gasteiger partial charge < -0.3 is 16.4 Å². The van der Waals surface area contributed by atoms with Gasteiger partial charge in [-0.2, -0.15) is 0 Å². The number of amides is 1. The van der Waals surface area contributed by atoms with Gasteiger partial charge in [0.05, 0.1) is 5.69 Å². The van der Waals surface area contributed by atoms with E-state index in [0.29, 0.717) is 34.0 Å². The Morgan fingerprint density at radius 2 is 2.00 bits per heavy atom. The number of carbonyl (C=O) groups excluding carboxylic acids is 1. The first-order chi connectivity index (χ1) is 9.16. The van der Waals surface area contributed by atoms with Crippen molar-refractivity contribution in [3.63, 3.8) is 0 Å². The van der Waals surface area contributed by atoms with Crippen LogP contribution in [0.3, 0.4) is 0 Å². The van der Waals surface area contributed by atoms with Crippen LogP contribution in [0.2, 0.25) is 0 Å². The van der Waals surface area contributed by atoms with Crippen LogP contribution in [-0.2, 0) is 0 Å². The highest BCUT2D eigenvalue weighted by atomic mass is 32.1. The molecule has 1 fully saturated rings. The predicted molar refractivity (Wildman–Crippen MR) is 74.9 cm³/mol. The lowest BCUT2D eigenvalue weighted by molar-refractivity contribution is 0.0720. The second kappa shape index (κ2) is 4.75. The van der Waals surface area contributed by atoms with Crippen LogP contribution in [0, 0.1) is 0 Å². The van der Waals surface area contributed by atoms with Gasteiger partial charge in [0.1, 0.15) is 15.2 Å². The normalized spacial score (nSPS) is 17.0. The molecule has 0 spiro atoms. The van der Waals surface area contributed by atoms with E-state index in [0.717, 1.165) is 12.8 Å². The minimum Gasteiger partial charge on any atom is -0.396 e. The van der Waals surface area contributed by atoms with Crippen LogP contribution in [-0.4, -0.2) is 39.9 Å². The van der Waals surface area contributed by atoms with Crippen LogP contribution < -0.4 is 11.5 Å². The van der Waals surface area contributed by atoms with Crippen molar-refractivity contribution in [2.75, 3.05) is 18.8 Å². The predicted octanol–water partition coefficient (Wildman–Crippen LogP) is 0.837. The van der Waals surface area contributed by atoms with Gasteiger partial charge in [-0.25, -0.2) is 9.97 Å². The lowest BCUT2D eigenvalue weighted by Crippen LogP contribution is -2.42. The molecule has 1 amide bonds. The Balaban J connectivity index is 1.91. The minimum atomic E-state index is -0.0331. The molecular formula is C12H15N5OS. The average Bonchev–Trinajstić information content (AvgIpc) is 2.77. The van der Waals surface area contributed by atoms with Gasteiger partial charge in [-0.1, -0.05) is 0 Å². The van der Waals surface area contributed by atoms with Crippen molar-refractivity contribution in [1.29, 1.82) is 0 Å². The molecule has 100 valence electrons. The van der Waals surface area contributed by atoms with Crippen LogP contribution >= 0.6 is 11.3 Å². The van der Waals surface area contributed by atoms with Crippen LogP contribution in [0.25, 0.3) is 10.3 Å². The number of fused-ring (bicyclic) bond motifs is 1. The zero-order valence-corrected chi connectivity index (χ0v) is 11.2. The second-order valence-electron chi connectivity index (χ2n) is 4.68. The third-order valence-corrected chi connectivity index (χ3v) is 4.47. The van der Waals surface area contributed by atoms with Crippen molar-refractivity contribution in [2.24, 2.45) is 5.73 Å². The lowest BCUT2D eigenvalue weighted by atomic mass is 10.1. The zero-order valence-electron chi connectivity index (χ0n) is 10.4. The number of rotatable bonds is 1. The molecule has 0 unspecified atom stereocenters. The molecule has 0 saturated carbocycles. The van der Waals surface area contributed by atoms with E-state index >= 15 is 0 Å². The van der Waals surface area contributed by atoms with Crippen LogP contribution in [0.1, 0.15) is 22.5 Å². The van der Waals surface area contributed by atoms with Gasteiger partial charge in [-0.15, -0.1) is 11.3 Å². The number of hydrogen-bond donors (Lipinski definition) is 2. The first-order valence-corrected chi connectivity index (χ1v) is 7.02. The van der Waals surface area contributed by atoms with E-state index in [1.807, 2.05) is 4.90 Å². The van der Waals surface area contributed by atoms with Gasteiger partial charge in [-0.3, -0.25) is 4.79 Å². The van der Waals surface area contributed by atoms with E-state index in [9.17, 15) is 4.79 Å². The Morgan fingerprint density at radius 1 is 1.32 bits per heavy atom. The second-order valence-corrected chi connectivity index (χ2v) is 5.68. The summed E-state index contributed by atoms with van der Waals surface area (Å²) in [6.45, 7) is 1.38. The quantitative estimate of drug-likeness (QED) is 0.804. The van der Waals surface area contributed by atoms with Crippen molar-refractivity contribution >= 4 is 33.3 Å². The SMILES string of the molecule is Nc1c(C(=O)N2CCC(N)CC2)sc2nccnc12. The summed E-state index contributed by atoms with van der Waals surface area (Å²) in [5, 5.41) is 0. The van der Waals surface area contributed by atoms with Gasteiger partial charge >= 0.3 is 0 Å². The molecule has 1 aliphatic heterocycles. The fourth-order valence-corrected chi connectivity index (χ4v) is 3.24. The van der Waals surface area contributed by atoms with Crippen LogP contribution in [0.5, 0.6) is 0 Å². The van der Waals surface area contributed by atoms with Crippen molar-refractivity contribution in [1.82, 2.24) is 14.9 Å². The summed E-state index contributed by atoms with van der Waals surface area (Å²) < 4.78 is 0. The molecule has 4 N–H and O–H groups in total. The maximum absolute atomic E-state index is 12.5. The molecule has 19 heavy (non-hydrogen) atoms. The molecule has 1 saturated heterocycles. The summed E-state index contributed by atoms with van der Waals surface area (Å²) >= 11 is 1.31. The highest BCUT2D eigenvalue weighted by Crippen LogP contribution is 2.31. The van der Waals surface area contributed by atoms with Crippen LogP contribution in [0.4, 0.5) is 5.69 Å². The van der Waals surface area contributed by atoms with Crippen molar-refractivity contribution in [3.8, 4) is 0 Å². The number of carbonyl (C=O) groups is 1. The maximum atomic E-state index is 12.5. The molecule has 0 atom stereocenters. The molecule has 1 aliphatic rings. The van der Waals surface area contributed by atoms with E-state index in [2.05, 4.69) is 9.97 Å². The molecule has 7 heteroatoms. The number of nitrogens with zero attached hydrogens (tertiary/aromatic N) is 3. The molecule has 0 bridgehead atoms. The highest BCUT2D eigenvalue weighted by molar-refractivity contribution is 7.21. The molecule has 0 aromatic carbocycles. The number of aromatic nitrogens is 2. The van der Waals surface area contributed by atoms with E-state index < -0.39 is 0 Å². The molecule has 2 aromatic rings. The summed E-state index contributed by atoms with van der Waals surface area (Å²) in [5.41, 5.74) is 12.9. The summed E-state index contributed by atoms with van der Waals surface area (Å²) in [4.78, 5) is 23.9. The van der Waals surface area contributed by atoms with E-state index in [4.69, 9.17) is 11.5 Å². The smallest absolute Gasteiger partial charge is 0.266 e. The van der Waals surface area contributed by atoms with E-state index in [1.165, 1.54) is 11.3 Å². The van der Waals surface area contributed by atoms with Crippen molar-refractivity contribution in [2.45, 2.75) is 18.9 Å². The first kappa shape index (κ1) is 12.3. The Morgan fingerprint density at radius 3 is 2.68 bits per heavy atom. The number of piperidine rings is 1. The van der Waals surface area contributed by atoms with E-state index in [-0.39, 0.29) is 11.9 Å². The summed E-state index contributed by atoms with van der Waals surface area (Å²) in [6, 6.07) is 0.201. The summed E-state index contributed by atoms with van der Waals surface area (Å²) in [6.07, 6.45) is 4.87. The first-order valence-electron chi connectivity index (χ1n) is 6.20. The van der Waals surface area contributed by atoms with Crippen molar-refractivity contribution < 1.29 is 4.79 Å². The standard InChI is InChI=1S/C12H15N5OS/c13-7-1-5-17(6-2-7)12(18)10-8(14)9-11(19-10)16-4-3-15-9/h3-4,7H,1-2,5-6,13-14H2. The maximum Gasteiger partial charge on any atom is 0.266 e. The molecule has 3 heterocycles. The van der Waals surface area contributed by atoms with Crippen molar-refractivity contribution in [3.05, 3.63) is 17.3 Å². The molecular weight excluding hydrogens is 262 g/mol. The lowest BCUT2D eigenvalue weighted by Gasteiger charge is -2.29. The topological polar surface area (TPSA) is 98.1 Å². The Hall–Kier alpha value is -1.73. The fraction of sp³-hybridized carbons (Fsp3) is 0.417. The van der Waals surface area contributed by atoms with E-state index in [1.54, 1.807) is 12.4 Å². The largest absolute Gasteiger partial charge is 0.396 e. The van der Waals surface area contributed by atoms with Gasteiger partial charge in [0.15, 0.2) is 0 Å². The van der Waals surface area contributed by atoms with Crippen LogP contribution in [0.15, 0.2) is 12.4 Å². The number of likely N-dealkylation sites (tertiary alicyclic amines) is 1. The Bertz CT molecular complexity index is 618. The minimum absolute atomic E-state index is 0.0331. The van der Waals surface area contributed by atoms with Gasteiger partial charge in [0.2, 0.25) is 0 Å². The monoisotopic (exact) mass is 277 g/mol. The average molecular weight is 277 g/mol. The number of nitrogen functional groups attached to an aromatic ring is 1. The molecule has 6 nitrogen and oxygen atoms in total. The number of hydrogen-bond acceptors (Lipinski definition) is 6. The third-order valence-electron chi connectivity index (χ3n) is 3.38. The third kappa shape index (κ3) is 2.15. The Labute approximate surface area is 114 Å². The summed E-state index contributed by atoms with van der Waals surface area (Å²) in [5.74, 6) is -0.0331. The fourth-order valence-electron chi connectivity index (χ4n) is 2.25. The molecule has 0 aliphatic carbocycles. The highest BCUT2D eigenvalue weighted by Gasteiger charge is 2.26. The van der Waals surface area contributed by atoms with Gasteiger partial charge in [0, 0.05) is 31.5 Å². The Kier molecular flexibility index (Phi) is 3.08. The van der Waals surface area contributed by atoms with Gasteiger partial charge in [-0.05, 0) is 12.8 Å². The molecule has 2 aromatic heterocycles. The zero-order chi connectivity index (χ0) is 13.4.